The van der Waals surface area contributed by atoms with Crippen LogP contribution in [0, 0.1) is 0 Å². The maximum Gasteiger partial charge on any atom is 0.354 e. The maximum absolute atomic E-state index is 12.5. The van der Waals surface area contributed by atoms with Crippen LogP contribution in [0.1, 0.15) is 27.8 Å². The second-order valence-electron chi connectivity index (χ2n) is 5.62. The van der Waals surface area contributed by atoms with Gasteiger partial charge in [-0.3, -0.25) is 4.79 Å². The first-order valence-electron chi connectivity index (χ1n) is 8.25. The van der Waals surface area contributed by atoms with Gasteiger partial charge in [0.15, 0.2) is 0 Å². The molecule has 0 saturated heterocycles. The molecule has 2 heterocycles. The topological polar surface area (TPSA) is 86.6 Å². The van der Waals surface area contributed by atoms with Gasteiger partial charge < -0.3 is 19.4 Å². The highest BCUT2D eigenvalue weighted by Crippen LogP contribution is 2.26. The number of methoxy groups -OCH3 is 1. The lowest BCUT2D eigenvalue weighted by atomic mass is 10.2. The minimum Gasteiger partial charge on any atom is -0.464 e. The molecule has 0 aliphatic carbocycles. The number of rotatable bonds is 6. The van der Waals surface area contributed by atoms with Gasteiger partial charge in [0.05, 0.1) is 29.5 Å². The summed E-state index contributed by atoms with van der Waals surface area (Å²) >= 11 is 1.49. The summed E-state index contributed by atoms with van der Waals surface area (Å²) in [5.74, 6) is -1.21. The standard InChI is InChI=1S/C19H18N2O5S/c1-3-26-18(23)12-4-6-13(7-5-12)20-17(22)11-21-14-8-9-27-16(14)10-15(21)19(24)25-2/h4-10H,3,11H2,1-2H3,(H,20,22). The van der Waals surface area contributed by atoms with E-state index in [-0.39, 0.29) is 12.5 Å². The van der Waals surface area contributed by atoms with Crippen LogP contribution in [0.3, 0.4) is 0 Å². The number of carbonyl (C=O) groups is 3. The Morgan fingerprint density at radius 1 is 1.11 bits per heavy atom. The number of aromatic nitrogens is 1. The van der Waals surface area contributed by atoms with Crippen molar-refractivity contribution in [1.29, 1.82) is 0 Å². The molecule has 0 spiro atoms. The van der Waals surface area contributed by atoms with Gasteiger partial charge in [-0.25, -0.2) is 9.59 Å². The van der Waals surface area contributed by atoms with Crippen LogP contribution in [0.15, 0.2) is 41.8 Å². The van der Waals surface area contributed by atoms with Gasteiger partial charge >= 0.3 is 11.9 Å². The van der Waals surface area contributed by atoms with Crippen LogP contribution >= 0.6 is 11.3 Å². The van der Waals surface area contributed by atoms with E-state index in [1.165, 1.54) is 18.4 Å². The molecule has 3 rings (SSSR count). The molecule has 0 fully saturated rings. The van der Waals surface area contributed by atoms with Crippen LogP contribution in [0.25, 0.3) is 10.2 Å². The van der Waals surface area contributed by atoms with Gasteiger partial charge in [-0.2, -0.15) is 0 Å². The number of ether oxygens (including phenoxy) is 2. The molecule has 0 atom stereocenters. The van der Waals surface area contributed by atoms with Gasteiger partial charge in [0.2, 0.25) is 5.91 Å². The Morgan fingerprint density at radius 3 is 2.52 bits per heavy atom. The van der Waals surface area contributed by atoms with Crippen molar-refractivity contribution in [3.8, 4) is 0 Å². The molecule has 27 heavy (non-hydrogen) atoms. The number of amides is 1. The highest BCUT2D eigenvalue weighted by Gasteiger charge is 2.19. The lowest BCUT2D eigenvalue weighted by molar-refractivity contribution is -0.116. The van der Waals surface area contributed by atoms with E-state index < -0.39 is 11.9 Å². The largest absolute Gasteiger partial charge is 0.464 e. The number of nitrogens with one attached hydrogen (secondary N) is 1. The fraction of sp³-hybridized carbons (Fsp3) is 0.211. The van der Waals surface area contributed by atoms with Crippen molar-refractivity contribution in [1.82, 2.24) is 4.57 Å². The lowest BCUT2D eigenvalue weighted by Crippen LogP contribution is -2.21. The monoisotopic (exact) mass is 386 g/mol. The van der Waals surface area contributed by atoms with Crippen molar-refractivity contribution in [2.45, 2.75) is 13.5 Å². The molecule has 0 bridgehead atoms. The Hall–Kier alpha value is -3.13. The smallest absolute Gasteiger partial charge is 0.354 e. The molecule has 1 aromatic carbocycles. The summed E-state index contributed by atoms with van der Waals surface area (Å²) in [6.07, 6.45) is 0. The minimum atomic E-state index is -0.495. The molecule has 0 aliphatic heterocycles. The molecule has 3 aromatic rings. The van der Waals surface area contributed by atoms with Gasteiger partial charge in [-0.05, 0) is 48.7 Å². The number of carbonyl (C=O) groups excluding carboxylic acids is 3. The Morgan fingerprint density at radius 2 is 1.85 bits per heavy atom. The van der Waals surface area contributed by atoms with E-state index in [2.05, 4.69) is 5.32 Å². The summed E-state index contributed by atoms with van der Waals surface area (Å²) in [6, 6.07) is 9.99. The van der Waals surface area contributed by atoms with Gasteiger partial charge in [0.25, 0.3) is 0 Å². The predicted octanol–water partition coefficient (Wildman–Crippen LogP) is 3.30. The summed E-state index contributed by atoms with van der Waals surface area (Å²) in [5.41, 5.74) is 2.08. The average Bonchev–Trinajstić information content (AvgIpc) is 3.24. The number of thiophene rings is 1. The van der Waals surface area contributed by atoms with E-state index >= 15 is 0 Å². The van der Waals surface area contributed by atoms with E-state index in [1.54, 1.807) is 41.8 Å². The van der Waals surface area contributed by atoms with E-state index in [9.17, 15) is 14.4 Å². The number of fused-ring (bicyclic) bond motifs is 1. The molecule has 8 heteroatoms. The normalized spacial score (nSPS) is 10.6. The van der Waals surface area contributed by atoms with Gasteiger partial charge in [-0.1, -0.05) is 0 Å². The lowest BCUT2D eigenvalue weighted by Gasteiger charge is -2.10. The molecule has 0 radical (unpaired) electrons. The molecule has 140 valence electrons. The molecule has 0 saturated carbocycles. The van der Waals surface area contributed by atoms with Crippen molar-refractivity contribution < 1.29 is 23.9 Å². The third-order valence-corrected chi connectivity index (χ3v) is 4.75. The second kappa shape index (κ2) is 8.05. The third kappa shape index (κ3) is 4.01. The van der Waals surface area contributed by atoms with Crippen molar-refractivity contribution in [2.75, 3.05) is 19.0 Å². The van der Waals surface area contributed by atoms with Crippen LogP contribution in [0.5, 0.6) is 0 Å². The van der Waals surface area contributed by atoms with Gasteiger partial charge in [-0.15, -0.1) is 11.3 Å². The summed E-state index contributed by atoms with van der Waals surface area (Å²) in [7, 11) is 1.30. The molecule has 0 unspecified atom stereocenters. The molecule has 1 amide bonds. The molecule has 0 aliphatic rings. The molecular weight excluding hydrogens is 368 g/mol. The zero-order valence-electron chi connectivity index (χ0n) is 14.9. The van der Waals surface area contributed by atoms with Gasteiger partial charge in [0, 0.05) is 5.69 Å². The highest BCUT2D eigenvalue weighted by atomic mass is 32.1. The highest BCUT2D eigenvalue weighted by molar-refractivity contribution is 7.17. The van der Waals surface area contributed by atoms with Crippen LogP contribution in [-0.4, -0.2) is 36.1 Å². The van der Waals surface area contributed by atoms with Crippen molar-refractivity contribution in [2.24, 2.45) is 0 Å². The number of hydrogen-bond donors (Lipinski definition) is 1. The van der Waals surface area contributed by atoms with Crippen LogP contribution < -0.4 is 5.32 Å². The quantitative estimate of drug-likeness (QED) is 0.657. The summed E-state index contributed by atoms with van der Waals surface area (Å²) in [6.45, 7) is 2.00. The third-order valence-electron chi connectivity index (χ3n) is 3.90. The number of benzene rings is 1. The maximum atomic E-state index is 12.5. The average molecular weight is 386 g/mol. The Balaban J connectivity index is 1.74. The number of nitrogens with zero attached hydrogens (tertiary/aromatic N) is 1. The number of anilines is 1. The Labute approximate surface area is 159 Å². The van der Waals surface area contributed by atoms with E-state index in [0.717, 1.165) is 10.2 Å². The van der Waals surface area contributed by atoms with Gasteiger partial charge in [0.1, 0.15) is 12.2 Å². The van der Waals surface area contributed by atoms with Crippen LogP contribution in [-0.2, 0) is 20.8 Å². The minimum absolute atomic E-state index is 0.0374. The molecule has 7 nitrogen and oxygen atoms in total. The van der Waals surface area contributed by atoms with Crippen LogP contribution in [0.2, 0.25) is 0 Å². The Bertz CT molecular complexity index is 987. The van der Waals surface area contributed by atoms with E-state index in [1.807, 2.05) is 11.4 Å². The first kappa shape index (κ1) is 18.7. The van der Waals surface area contributed by atoms with Crippen LogP contribution in [0.4, 0.5) is 5.69 Å². The fourth-order valence-electron chi connectivity index (χ4n) is 2.67. The molecule has 1 N–H and O–H groups in total. The van der Waals surface area contributed by atoms with E-state index in [0.29, 0.717) is 23.6 Å². The van der Waals surface area contributed by atoms with Crippen molar-refractivity contribution in [3.05, 3.63) is 53.0 Å². The summed E-state index contributed by atoms with van der Waals surface area (Å²) < 4.78 is 12.3. The second-order valence-corrected chi connectivity index (χ2v) is 6.57. The zero-order valence-corrected chi connectivity index (χ0v) is 15.7. The Kier molecular flexibility index (Phi) is 5.56. The zero-order chi connectivity index (χ0) is 19.4. The number of hydrogen-bond acceptors (Lipinski definition) is 6. The van der Waals surface area contributed by atoms with E-state index in [4.69, 9.17) is 9.47 Å². The first-order valence-corrected chi connectivity index (χ1v) is 9.13. The summed E-state index contributed by atoms with van der Waals surface area (Å²) in [5, 5.41) is 4.66. The van der Waals surface area contributed by atoms with Crippen molar-refractivity contribution >= 4 is 45.1 Å². The molecule has 2 aromatic heterocycles. The predicted molar refractivity (Wildman–Crippen MR) is 102 cm³/mol. The summed E-state index contributed by atoms with van der Waals surface area (Å²) in [4.78, 5) is 36.1. The SMILES string of the molecule is CCOC(=O)c1ccc(NC(=O)Cn2c(C(=O)OC)cc3sccc32)cc1. The first-order chi connectivity index (χ1) is 13.0. The molecular formula is C19H18N2O5S. The van der Waals surface area contributed by atoms with Crippen molar-refractivity contribution in [3.63, 3.8) is 0 Å². The fourth-order valence-corrected chi connectivity index (χ4v) is 3.49. The number of esters is 2.